The fourth-order valence-electron chi connectivity index (χ4n) is 3.78. The number of likely N-dealkylation sites (tertiary alicyclic amines) is 1. The number of carbonyl (C=O) groups excluding carboxylic acids is 1. The van der Waals surface area contributed by atoms with Gasteiger partial charge >= 0.3 is 0 Å². The summed E-state index contributed by atoms with van der Waals surface area (Å²) >= 11 is 0. The third-order valence-corrected chi connectivity index (χ3v) is 5.39. The maximum atomic E-state index is 12.7. The van der Waals surface area contributed by atoms with Gasteiger partial charge in [-0.2, -0.15) is 0 Å². The normalized spacial score (nSPS) is 21.1. The minimum atomic E-state index is -0.300. The Kier molecular flexibility index (Phi) is 4.38. The van der Waals surface area contributed by atoms with Crippen molar-refractivity contribution in [3.05, 3.63) is 46.7 Å². The lowest BCUT2D eigenvalue weighted by atomic mass is 9.85. The summed E-state index contributed by atoms with van der Waals surface area (Å²) in [5.74, 6) is 2.01. The van der Waals surface area contributed by atoms with Crippen LogP contribution in [-0.2, 0) is 6.54 Å². The first-order valence-electron chi connectivity index (χ1n) is 9.06. The third kappa shape index (κ3) is 3.36. The average molecular weight is 341 g/mol. The first-order valence-corrected chi connectivity index (χ1v) is 9.06. The molecular weight excluding hydrogens is 318 g/mol. The average Bonchev–Trinajstić information content (AvgIpc) is 3.07. The Labute approximate surface area is 146 Å². The summed E-state index contributed by atoms with van der Waals surface area (Å²) in [6.45, 7) is 2.42. The van der Waals surface area contributed by atoms with Crippen LogP contribution < -0.4 is 5.56 Å². The number of aromatic amines is 1. The van der Waals surface area contributed by atoms with Gasteiger partial charge in [0, 0.05) is 44.1 Å². The van der Waals surface area contributed by atoms with Crippen LogP contribution in [0.3, 0.4) is 0 Å². The molecule has 0 bridgehead atoms. The molecule has 1 unspecified atom stereocenters. The van der Waals surface area contributed by atoms with E-state index in [9.17, 15) is 9.59 Å². The van der Waals surface area contributed by atoms with E-state index in [-0.39, 0.29) is 23.1 Å². The number of nitrogens with zero attached hydrogens (tertiary/aromatic N) is 4. The monoisotopic (exact) mass is 341 g/mol. The minimum Gasteiger partial charge on any atom is -0.337 e. The third-order valence-electron chi connectivity index (χ3n) is 5.39. The van der Waals surface area contributed by atoms with E-state index in [2.05, 4.69) is 25.7 Å². The lowest BCUT2D eigenvalue weighted by Crippen LogP contribution is -2.40. The summed E-state index contributed by atoms with van der Waals surface area (Å²) in [7, 11) is 0. The Hall–Kier alpha value is -2.44. The van der Waals surface area contributed by atoms with Gasteiger partial charge in [0.05, 0.1) is 6.20 Å². The molecule has 2 aromatic heterocycles. The molecule has 132 valence electrons. The summed E-state index contributed by atoms with van der Waals surface area (Å²) in [6, 6.07) is 0. The van der Waals surface area contributed by atoms with Crippen LogP contribution in [0.25, 0.3) is 0 Å². The maximum absolute atomic E-state index is 12.7. The van der Waals surface area contributed by atoms with E-state index in [4.69, 9.17) is 0 Å². The van der Waals surface area contributed by atoms with Gasteiger partial charge in [0.1, 0.15) is 11.5 Å². The number of aromatic nitrogens is 4. The number of rotatable bonds is 4. The van der Waals surface area contributed by atoms with Crippen LogP contribution in [0.2, 0.25) is 0 Å². The van der Waals surface area contributed by atoms with Gasteiger partial charge in [-0.25, -0.2) is 9.97 Å². The Morgan fingerprint density at radius 3 is 2.84 bits per heavy atom. The van der Waals surface area contributed by atoms with Crippen LogP contribution in [0.1, 0.15) is 54.3 Å². The zero-order valence-corrected chi connectivity index (χ0v) is 14.2. The molecule has 1 aliphatic heterocycles. The fraction of sp³-hybridized carbons (Fsp3) is 0.556. The molecule has 0 aromatic carbocycles. The maximum Gasteiger partial charge on any atom is 0.273 e. The molecule has 0 radical (unpaired) electrons. The van der Waals surface area contributed by atoms with Crippen molar-refractivity contribution in [1.29, 1.82) is 0 Å². The summed E-state index contributed by atoms with van der Waals surface area (Å²) < 4.78 is 2.28. The second-order valence-electron chi connectivity index (χ2n) is 7.12. The summed E-state index contributed by atoms with van der Waals surface area (Å²) in [6.07, 6.45) is 12.4. The van der Waals surface area contributed by atoms with Gasteiger partial charge in [-0.05, 0) is 31.6 Å². The van der Waals surface area contributed by atoms with E-state index < -0.39 is 0 Å². The van der Waals surface area contributed by atoms with Crippen molar-refractivity contribution in [2.45, 2.75) is 44.6 Å². The molecule has 1 aliphatic carbocycles. The second kappa shape index (κ2) is 6.82. The summed E-state index contributed by atoms with van der Waals surface area (Å²) in [4.78, 5) is 36.7. The summed E-state index contributed by atoms with van der Waals surface area (Å²) in [5.41, 5.74) is -0.0100. The molecule has 2 fully saturated rings. The molecule has 0 spiro atoms. The molecule has 7 nitrogen and oxygen atoms in total. The number of hydrogen-bond donors (Lipinski definition) is 1. The van der Waals surface area contributed by atoms with Gasteiger partial charge in [-0.1, -0.05) is 6.42 Å². The van der Waals surface area contributed by atoms with E-state index in [1.54, 1.807) is 0 Å². The molecular formula is C18H23N5O2. The molecule has 1 atom stereocenters. The van der Waals surface area contributed by atoms with Crippen molar-refractivity contribution in [1.82, 2.24) is 24.4 Å². The molecule has 1 amide bonds. The molecule has 1 saturated carbocycles. The zero-order valence-electron chi connectivity index (χ0n) is 14.2. The van der Waals surface area contributed by atoms with Crippen molar-refractivity contribution < 1.29 is 4.79 Å². The first-order chi connectivity index (χ1) is 12.2. The molecule has 4 rings (SSSR count). The highest BCUT2D eigenvalue weighted by Crippen LogP contribution is 2.31. The van der Waals surface area contributed by atoms with Gasteiger partial charge in [0.25, 0.3) is 11.5 Å². The predicted octanol–water partition coefficient (Wildman–Crippen LogP) is 1.79. The van der Waals surface area contributed by atoms with Crippen molar-refractivity contribution in [2.24, 2.45) is 5.92 Å². The van der Waals surface area contributed by atoms with Gasteiger partial charge in [0.2, 0.25) is 0 Å². The standard InChI is InChI=1S/C18H23N5O2/c24-16-10-20-15(9-21-16)18(25)23-7-2-5-14(12-23)17-19-6-8-22(17)11-13-3-1-4-13/h6,8-10,13-14H,1-5,7,11-12H2,(H,21,24). The van der Waals surface area contributed by atoms with Gasteiger partial charge in [0.15, 0.2) is 0 Å². The first kappa shape index (κ1) is 16.1. The van der Waals surface area contributed by atoms with Gasteiger partial charge < -0.3 is 14.5 Å². The lowest BCUT2D eigenvalue weighted by Gasteiger charge is -2.33. The van der Waals surface area contributed by atoms with E-state index in [0.29, 0.717) is 6.54 Å². The molecule has 2 aromatic rings. The minimum absolute atomic E-state index is 0.127. The quantitative estimate of drug-likeness (QED) is 0.919. The topological polar surface area (TPSA) is 83.9 Å². The van der Waals surface area contributed by atoms with Gasteiger partial charge in [-0.15, -0.1) is 0 Å². The summed E-state index contributed by atoms with van der Waals surface area (Å²) in [5, 5.41) is 0. The van der Waals surface area contributed by atoms with Crippen LogP contribution in [0.4, 0.5) is 0 Å². The SMILES string of the molecule is O=C(c1c[nH]c(=O)cn1)N1CCCC(c2nccn2CC2CCC2)C1. The molecule has 1 saturated heterocycles. The van der Waals surface area contributed by atoms with Crippen LogP contribution in [-0.4, -0.2) is 43.4 Å². The number of hydrogen-bond acceptors (Lipinski definition) is 4. The van der Waals surface area contributed by atoms with Crippen molar-refractivity contribution in [3.8, 4) is 0 Å². The van der Waals surface area contributed by atoms with E-state index >= 15 is 0 Å². The Bertz CT molecular complexity index is 787. The van der Waals surface area contributed by atoms with Crippen molar-refractivity contribution in [2.75, 3.05) is 13.1 Å². The van der Waals surface area contributed by atoms with Crippen LogP contribution >= 0.6 is 0 Å². The number of piperidine rings is 1. The van der Waals surface area contributed by atoms with E-state index in [1.165, 1.54) is 25.5 Å². The molecule has 3 heterocycles. The smallest absolute Gasteiger partial charge is 0.273 e. The highest BCUT2D eigenvalue weighted by Gasteiger charge is 2.29. The molecule has 2 aliphatic rings. The number of imidazole rings is 1. The fourth-order valence-corrected chi connectivity index (χ4v) is 3.78. The van der Waals surface area contributed by atoms with Crippen molar-refractivity contribution >= 4 is 5.91 Å². The molecule has 7 heteroatoms. The number of amides is 1. The number of H-pyrrole nitrogens is 1. The van der Waals surface area contributed by atoms with Gasteiger partial charge in [-0.3, -0.25) is 9.59 Å². The highest BCUT2D eigenvalue weighted by atomic mass is 16.2. The van der Waals surface area contributed by atoms with E-state index in [1.807, 2.05) is 11.1 Å². The van der Waals surface area contributed by atoms with Crippen LogP contribution in [0, 0.1) is 5.92 Å². The Balaban J connectivity index is 1.47. The lowest BCUT2D eigenvalue weighted by molar-refractivity contribution is 0.0696. The number of nitrogens with one attached hydrogen (secondary N) is 1. The predicted molar refractivity (Wildman–Crippen MR) is 92.3 cm³/mol. The molecule has 25 heavy (non-hydrogen) atoms. The number of carbonyl (C=O) groups is 1. The second-order valence-corrected chi connectivity index (χ2v) is 7.12. The van der Waals surface area contributed by atoms with Crippen LogP contribution in [0.5, 0.6) is 0 Å². The Morgan fingerprint density at radius 1 is 1.24 bits per heavy atom. The molecule has 1 N–H and O–H groups in total. The zero-order chi connectivity index (χ0) is 17.2. The van der Waals surface area contributed by atoms with E-state index in [0.717, 1.165) is 43.9 Å². The highest BCUT2D eigenvalue weighted by molar-refractivity contribution is 5.92. The van der Waals surface area contributed by atoms with Crippen LogP contribution in [0.15, 0.2) is 29.6 Å². The Morgan fingerprint density at radius 2 is 2.12 bits per heavy atom. The van der Waals surface area contributed by atoms with Crippen molar-refractivity contribution in [3.63, 3.8) is 0 Å². The largest absolute Gasteiger partial charge is 0.337 e.